The summed E-state index contributed by atoms with van der Waals surface area (Å²) in [6, 6.07) is 3.82. The predicted octanol–water partition coefficient (Wildman–Crippen LogP) is 3.97. The number of likely N-dealkylation sites (N-methyl/N-ethyl adjacent to an activating group) is 1. The van der Waals surface area contributed by atoms with Crippen LogP contribution in [0.1, 0.15) is 67.4 Å². The van der Waals surface area contributed by atoms with Gasteiger partial charge in [0.05, 0.1) is 37.5 Å². The lowest BCUT2D eigenvalue weighted by molar-refractivity contribution is -0.960. The van der Waals surface area contributed by atoms with Crippen LogP contribution in [0.3, 0.4) is 0 Å². The lowest BCUT2D eigenvalue weighted by Gasteiger charge is -2.54. The fourth-order valence-electron chi connectivity index (χ4n) is 5.15. The molecule has 0 atom stereocenters. The van der Waals surface area contributed by atoms with Crippen molar-refractivity contribution in [3.8, 4) is 0 Å². The van der Waals surface area contributed by atoms with Crippen molar-refractivity contribution in [2.45, 2.75) is 65.3 Å². The van der Waals surface area contributed by atoms with E-state index in [-0.39, 0.29) is 17.4 Å². The van der Waals surface area contributed by atoms with Gasteiger partial charge in [0.2, 0.25) is 0 Å². The quantitative estimate of drug-likeness (QED) is 0.606. The molecule has 2 fully saturated rings. The van der Waals surface area contributed by atoms with Crippen molar-refractivity contribution in [3.63, 3.8) is 0 Å². The van der Waals surface area contributed by atoms with Crippen LogP contribution in [0.25, 0.3) is 0 Å². The Labute approximate surface area is 162 Å². The van der Waals surface area contributed by atoms with Gasteiger partial charge in [-0.15, -0.1) is 0 Å². The SMILES string of the molecule is CCOC(=O)c1cc(C)cc(C)c1NC(=O)C1([N+]2(CC)CCCC2)CCC1. The highest BCUT2D eigenvalue weighted by molar-refractivity contribution is 6.05. The lowest BCUT2D eigenvalue weighted by atomic mass is 9.72. The standard InChI is InChI=1S/C22H32N2O3/c1-5-24(12-7-8-13-24)22(10-9-11-22)21(26)23-19-17(4)14-16(3)15-18(19)20(25)27-6-2/h14-15H,5-13H2,1-4H3/p+1. The number of benzene rings is 1. The Bertz CT molecular complexity index is 731. The predicted molar refractivity (Wildman–Crippen MR) is 107 cm³/mol. The van der Waals surface area contributed by atoms with E-state index >= 15 is 0 Å². The molecule has 1 aliphatic heterocycles. The van der Waals surface area contributed by atoms with Gasteiger partial charge >= 0.3 is 5.97 Å². The average molecular weight is 374 g/mol. The van der Waals surface area contributed by atoms with Gasteiger partial charge in [-0.2, -0.15) is 0 Å². The van der Waals surface area contributed by atoms with Crippen LogP contribution in [-0.2, 0) is 9.53 Å². The zero-order chi connectivity index (χ0) is 19.7. The molecule has 1 N–H and O–H groups in total. The molecule has 2 aliphatic rings. The van der Waals surface area contributed by atoms with Crippen molar-refractivity contribution in [1.82, 2.24) is 0 Å². The summed E-state index contributed by atoms with van der Waals surface area (Å²) in [5.41, 5.74) is 2.63. The number of hydrogen-bond donors (Lipinski definition) is 1. The summed E-state index contributed by atoms with van der Waals surface area (Å²) < 4.78 is 6.13. The van der Waals surface area contributed by atoms with Crippen molar-refractivity contribution in [2.24, 2.45) is 0 Å². The third-order valence-corrected chi connectivity index (χ3v) is 6.75. The van der Waals surface area contributed by atoms with Crippen LogP contribution >= 0.6 is 0 Å². The van der Waals surface area contributed by atoms with Gasteiger partial charge in [0.15, 0.2) is 5.54 Å². The molecule has 0 spiro atoms. The Morgan fingerprint density at radius 1 is 1.11 bits per heavy atom. The van der Waals surface area contributed by atoms with E-state index in [1.165, 1.54) is 12.8 Å². The van der Waals surface area contributed by atoms with Crippen LogP contribution in [0.15, 0.2) is 12.1 Å². The van der Waals surface area contributed by atoms with Crippen molar-refractivity contribution in [3.05, 3.63) is 28.8 Å². The highest BCUT2D eigenvalue weighted by Crippen LogP contribution is 2.46. The summed E-state index contributed by atoms with van der Waals surface area (Å²) in [7, 11) is 0. The summed E-state index contributed by atoms with van der Waals surface area (Å²) in [6.07, 6.45) is 5.37. The van der Waals surface area contributed by atoms with Crippen LogP contribution in [0.4, 0.5) is 5.69 Å². The van der Waals surface area contributed by atoms with E-state index in [9.17, 15) is 9.59 Å². The molecule has 5 nitrogen and oxygen atoms in total. The van der Waals surface area contributed by atoms with E-state index in [0.717, 1.165) is 54.5 Å². The van der Waals surface area contributed by atoms with Crippen molar-refractivity contribution in [1.29, 1.82) is 0 Å². The molecule has 5 heteroatoms. The molecule has 148 valence electrons. The maximum atomic E-state index is 13.6. The number of hydrogen-bond acceptors (Lipinski definition) is 3. The number of nitrogens with one attached hydrogen (secondary N) is 1. The van der Waals surface area contributed by atoms with Gasteiger partial charge < -0.3 is 14.5 Å². The van der Waals surface area contributed by atoms with Gasteiger partial charge in [0.25, 0.3) is 5.91 Å². The molecular weight excluding hydrogens is 340 g/mol. The van der Waals surface area contributed by atoms with Crippen molar-refractivity contribution >= 4 is 17.6 Å². The molecule has 0 bridgehead atoms. The van der Waals surface area contributed by atoms with Gasteiger partial charge in [0.1, 0.15) is 0 Å². The number of amides is 1. The molecule has 0 aromatic heterocycles. The largest absolute Gasteiger partial charge is 0.462 e. The van der Waals surface area contributed by atoms with Gasteiger partial charge in [0, 0.05) is 25.7 Å². The fourth-order valence-corrected chi connectivity index (χ4v) is 5.15. The molecule has 1 aromatic carbocycles. The number of esters is 1. The Balaban J connectivity index is 1.95. The van der Waals surface area contributed by atoms with Crippen LogP contribution in [0, 0.1) is 13.8 Å². The third-order valence-electron chi connectivity index (χ3n) is 6.75. The van der Waals surface area contributed by atoms with E-state index in [0.29, 0.717) is 17.9 Å². The highest BCUT2D eigenvalue weighted by Gasteiger charge is 2.60. The zero-order valence-corrected chi connectivity index (χ0v) is 17.2. The number of quaternary nitrogens is 1. The molecule has 3 rings (SSSR count). The van der Waals surface area contributed by atoms with E-state index in [4.69, 9.17) is 4.74 Å². The number of ether oxygens (including phenoxy) is 1. The number of rotatable bonds is 6. The maximum Gasteiger partial charge on any atom is 0.340 e. The Kier molecular flexibility index (Phi) is 5.61. The molecule has 1 saturated heterocycles. The Morgan fingerprint density at radius 2 is 1.78 bits per heavy atom. The first kappa shape index (κ1) is 19.9. The second-order valence-electron chi connectivity index (χ2n) is 8.18. The average Bonchev–Trinajstić information content (AvgIpc) is 3.06. The number of anilines is 1. The minimum absolute atomic E-state index is 0.0787. The van der Waals surface area contributed by atoms with E-state index in [1.807, 2.05) is 26.0 Å². The second-order valence-corrected chi connectivity index (χ2v) is 8.18. The molecular formula is C22H33N2O3+. The van der Waals surface area contributed by atoms with E-state index in [2.05, 4.69) is 12.2 Å². The molecule has 0 radical (unpaired) electrons. The zero-order valence-electron chi connectivity index (χ0n) is 17.2. The first-order valence-corrected chi connectivity index (χ1v) is 10.3. The summed E-state index contributed by atoms with van der Waals surface area (Å²) >= 11 is 0. The van der Waals surface area contributed by atoms with E-state index < -0.39 is 0 Å². The van der Waals surface area contributed by atoms with Crippen LogP contribution < -0.4 is 5.32 Å². The Morgan fingerprint density at radius 3 is 2.30 bits per heavy atom. The number of aryl methyl sites for hydroxylation is 2. The lowest BCUT2D eigenvalue weighted by Crippen LogP contribution is -2.71. The molecule has 27 heavy (non-hydrogen) atoms. The van der Waals surface area contributed by atoms with Gasteiger partial charge in [-0.05, 0) is 51.3 Å². The molecule has 0 unspecified atom stereocenters. The summed E-state index contributed by atoms with van der Waals surface area (Å²) in [5, 5.41) is 3.17. The summed E-state index contributed by atoms with van der Waals surface area (Å²) in [6.45, 7) is 11.4. The minimum Gasteiger partial charge on any atom is -0.462 e. The number of carbonyl (C=O) groups is 2. The maximum absolute atomic E-state index is 13.6. The second kappa shape index (κ2) is 7.63. The first-order chi connectivity index (χ1) is 12.9. The number of nitrogens with zero attached hydrogens (tertiary/aromatic N) is 1. The van der Waals surface area contributed by atoms with Gasteiger partial charge in [-0.25, -0.2) is 4.79 Å². The van der Waals surface area contributed by atoms with Crippen LogP contribution in [-0.4, -0.2) is 48.1 Å². The van der Waals surface area contributed by atoms with Crippen LogP contribution in [0.2, 0.25) is 0 Å². The highest BCUT2D eigenvalue weighted by atomic mass is 16.5. The topological polar surface area (TPSA) is 55.4 Å². The van der Waals surface area contributed by atoms with E-state index in [1.54, 1.807) is 6.92 Å². The summed E-state index contributed by atoms with van der Waals surface area (Å²) in [5.74, 6) is -0.294. The molecule has 1 aliphatic carbocycles. The minimum atomic E-state index is -0.372. The molecule has 1 saturated carbocycles. The number of likely N-dealkylation sites (tertiary alicyclic amines) is 1. The van der Waals surface area contributed by atoms with Crippen LogP contribution in [0.5, 0.6) is 0 Å². The monoisotopic (exact) mass is 373 g/mol. The van der Waals surface area contributed by atoms with Gasteiger partial charge in [-0.1, -0.05) is 6.07 Å². The van der Waals surface area contributed by atoms with Crippen molar-refractivity contribution in [2.75, 3.05) is 31.6 Å². The first-order valence-electron chi connectivity index (χ1n) is 10.3. The molecule has 1 amide bonds. The number of carbonyl (C=O) groups excluding carboxylic acids is 2. The van der Waals surface area contributed by atoms with Crippen molar-refractivity contribution < 1.29 is 18.8 Å². The Hall–Kier alpha value is -1.88. The molecule has 1 heterocycles. The third kappa shape index (κ3) is 3.27. The van der Waals surface area contributed by atoms with Gasteiger partial charge in [-0.3, -0.25) is 4.79 Å². The normalized spacial score (nSPS) is 20.0. The molecule has 1 aromatic rings. The fraction of sp³-hybridized carbons (Fsp3) is 0.636. The smallest absolute Gasteiger partial charge is 0.340 e. The summed E-state index contributed by atoms with van der Waals surface area (Å²) in [4.78, 5) is 26.0.